The van der Waals surface area contributed by atoms with Crippen molar-refractivity contribution < 1.29 is 27.8 Å². The number of benzene rings is 4. The lowest BCUT2D eigenvalue weighted by atomic mass is 10.1. The van der Waals surface area contributed by atoms with Crippen LogP contribution in [0.25, 0.3) is 0 Å². The lowest BCUT2D eigenvalue weighted by Gasteiger charge is -2.25. The molecule has 0 bridgehead atoms. The maximum Gasteiger partial charge on any atom is 0.344 e. The Kier molecular flexibility index (Phi) is 11.1. The number of ether oxygens (including phenoxy) is 2. The average molecular weight is 608 g/mol. The van der Waals surface area contributed by atoms with Crippen molar-refractivity contribution in [2.75, 3.05) is 26.3 Å². The standard InChI is InChI=1S/C33H34ClNO6S/c1-2-40-33(37)24-41-29-13-17-31(18-14-29)42(38,39)30-15-11-25(12-16-30)19-20-35(22-26-7-4-3-5-8-26)23-32(36)27-9-6-10-28(34)21-27/h3-18,21,32,36H,2,19-20,22-24H2,1H3. The van der Waals surface area contributed by atoms with Gasteiger partial charge in [0.1, 0.15) is 5.75 Å². The van der Waals surface area contributed by atoms with Gasteiger partial charge in [0.05, 0.1) is 22.5 Å². The Morgan fingerprint density at radius 1 is 0.881 bits per heavy atom. The van der Waals surface area contributed by atoms with E-state index in [9.17, 15) is 18.3 Å². The molecule has 220 valence electrons. The van der Waals surface area contributed by atoms with E-state index in [0.29, 0.717) is 36.8 Å². The third-order valence-electron chi connectivity index (χ3n) is 6.66. The molecule has 0 amide bonds. The molecule has 7 nitrogen and oxygen atoms in total. The van der Waals surface area contributed by atoms with Crippen molar-refractivity contribution in [1.82, 2.24) is 4.90 Å². The van der Waals surface area contributed by atoms with Crippen molar-refractivity contribution in [2.24, 2.45) is 0 Å². The van der Waals surface area contributed by atoms with Gasteiger partial charge in [0.2, 0.25) is 9.84 Å². The number of esters is 1. The quantitative estimate of drug-likeness (QED) is 0.179. The van der Waals surface area contributed by atoms with Crippen LogP contribution in [-0.4, -0.2) is 50.7 Å². The topological polar surface area (TPSA) is 93.1 Å². The molecule has 4 aromatic carbocycles. The molecule has 0 fully saturated rings. The number of hydrogen-bond acceptors (Lipinski definition) is 7. The van der Waals surface area contributed by atoms with Crippen molar-refractivity contribution in [3.8, 4) is 5.75 Å². The number of aliphatic hydroxyl groups is 1. The first kappa shape index (κ1) is 31.3. The summed E-state index contributed by atoms with van der Waals surface area (Å²) in [6, 6.07) is 30.1. The molecule has 0 saturated heterocycles. The van der Waals surface area contributed by atoms with E-state index in [1.165, 1.54) is 24.3 Å². The average Bonchev–Trinajstić information content (AvgIpc) is 3.00. The predicted molar refractivity (Wildman–Crippen MR) is 162 cm³/mol. The van der Waals surface area contributed by atoms with E-state index in [-0.39, 0.29) is 23.0 Å². The first-order valence-electron chi connectivity index (χ1n) is 13.7. The van der Waals surface area contributed by atoms with Gasteiger partial charge in [0.25, 0.3) is 0 Å². The zero-order valence-electron chi connectivity index (χ0n) is 23.4. The molecule has 4 aromatic rings. The molecule has 0 aromatic heterocycles. The number of rotatable bonds is 14. The summed E-state index contributed by atoms with van der Waals surface area (Å²) in [4.78, 5) is 14.0. The maximum atomic E-state index is 13.2. The Hall–Kier alpha value is -3.69. The van der Waals surface area contributed by atoms with Gasteiger partial charge < -0.3 is 14.6 Å². The summed E-state index contributed by atoms with van der Waals surface area (Å²) in [5, 5.41) is 11.5. The number of hydrogen-bond donors (Lipinski definition) is 1. The molecule has 1 unspecified atom stereocenters. The normalized spacial score (nSPS) is 12.2. The van der Waals surface area contributed by atoms with E-state index in [4.69, 9.17) is 21.1 Å². The molecule has 9 heteroatoms. The molecule has 0 aliphatic heterocycles. The van der Waals surface area contributed by atoms with Gasteiger partial charge in [-0.1, -0.05) is 66.2 Å². The fraction of sp³-hybridized carbons (Fsp3) is 0.242. The highest BCUT2D eigenvalue weighted by Gasteiger charge is 2.19. The first-order valence-corrected chi connectivity index (χ1v) is 15.5. The lowest BCUT2D eigenvalue weighted by Crippen LogP contribution is -2.30. The minimum Gasteiger partial charge on any atom is -0.482 e. The Bertz CT molecular complexity index is 1540. The lowest BCUT2D eigenvalue weighted by molar-refractivity contribution is -0.145. The minimum absolute atomic E-state index is 0.128. The summed E-state index contributed by atoms with van der Waals surface area (Å²) in [6.07, 6.45) is -0.0380. The largest absolute Gasteiger partial charge is 0.482 e. The molecule has 42 heavy (non-hydrogen) atoms. The van der Waals surface area contributed by atoms with Crippen LogP contribution >= 0.6 is 11.6 Å². The molecule has 1 N–H and O–H groups in total. The van der Waals surface area contributed by atoms with Crippen molar-refractivity contribution in [3.63, 3.8) is 0 Å². The van der Waals surface area contributed by atoms with Crippen molar-refractivity contribution >= 4 is 27.4 Å². The molecule has 0 aliphatic rings. The number of halogens is 1. The number of carbonyl (C=O) groups is 1. The summed E-state index contributed by atoms with van der Waals surface area (Å²) in [6.45, 7) is 3.46. The summed E-state index contributed by atoms with van der Waals surface area (Å²) >= 11 is 6.13. The van der Waals surface area contributed by atoms with Gasteiger partial charge in [0, 0.05) is 24.7 Å². The molecule has 0 radical (unpaired) electrons. The zero-order chi connectivity index (χ0) is 30.0. The van der Waals surface area contributed by atoms with Crippen LogP contribution in [-0.2, 0) is 32.3 Å². The van der Waals surface area contributed by atoms with Gasteiger partial charge in [-0.2, -0.15) is 0 Å². The highest BCUT2D eigenvalue weighted by Crippen LogP contribution is 2.24. The Labute approximate surface area is 252 Å². The second-order valence-corrected chi connectivity index (χ2v) is 12.1. The molecule has 0 heterocycles. The monoisotopic (exact) mass is 607 g/mol. The summed E-state index contributed by atoms with van der Waals surface area (Å²) in [7, 11) is -3.74. The SMILES string of the molecule is CCOC(=O)COc1ccc(S(=O)(=O)c2ccc(CCN(Cc3ccccc3)CC(O)c3cccc(Cl)c3)cc2)cc1. The maximum absolute atomic E-state index is 13.2. The first-order chi connectivity index (χ1) is 20.2. The van der Waals surface area contributed by atoms with Gasteiger partial charge >= 0.3 is 5.97 Å². The number of nitrogens with zero attached hydrogens (tertiary/aromatic N) is 1. The summed E-state index contributed by atoms with van der Waals surface area (Å²) in [5.74, 6) is -0.118. The molecule has 4 rings (SSSR count). The van der Waals surface area contributed by atoms with Gasteiger partial charge in [-0.3, -0.25) is 4.90 Å². The Morgan fingerprint density at radius 3 is 2.19 bits per heavy atom. The van der Waals surface area contributed by atoms with E-state index in [1.54, 1.807) is 31.2 Å². The minimum atomic E-state index is -3.74. The third kappa shape index (κ3) is 8.90. The molecule has 0 aliphatic carbocycles. The van der Waals surface area contributed by atoms with Gasteiger partial charge in [0.15, 0.2) is 6.61 Å². The second-order valence-electron chi connectivity index (χ2n) is 9.75. The zero-order valence-corrected chi connectivity index (χ0v) is 24.9. The molecule has 0 spiro atoms. The van der Waals surface area contributed by atoms with Crippen LogP contribution in [0.15, 0.2) is 113 Å². The van der Waals surface area contributed by atoms with Crippen LogP contribution < -0.4 is 4.74 Å². The van der Waals surface area contributed by atoms with Crippen LogP contribution in [0.5, 0.6) is 5.75 Å². The van der Waals surface area contributed by atoms with E-state index < -0.39 is 21.9 Å². The number of aliphatic hydroxyl groups excluding tert-OH is 1. The Balaban J connectivity index is 1.40. The van der Waals surface area contributed by atoms with Crippen LogP contribution in [0, 0.1) is 0 Å². The van der Waals surface area contributed by atoms with Crippen LogP contribution in [0.2, 0.25) is 5.02 Å². The predicted octanol–water partition coefficient (Wildman–Crippen LogP) is 5.89. The van der Waals surface area contributed by atoms with Crippen molar-refractivity contribution in [3.05, 3.63) is 125 Å². The summed E-state index contributed by atoms with van der Waals surface area (Å²) < 4.78 is 36.6. The highest BCUT2D eigenvalue weighted by molar-refractivity contribution is 7.91. The fourth-order valence-electron chi connectivity index (χ4n) is 4.46. The van der Waals surface area contributed by atoms with Gasteiger partial charge in [-0.25, -0.2) is 13.2 Å². The van der Waals surface area contributed by atoms with Crippen LogP contribution in [0.1, 0.15) is 29.7 Å². The van der Waals surface area contributed by atoms with E-state index in [1.807, 2.05) is 42.5 Å². The number of sulfone groups is 1. The fourth-order valence-corrected chi connectivity index (χ4v) is 5.92. The van der Waals surface area contributed by atoms with E-state index in [0.717, 1.165) is 16.7 Å². The molecular formula is C33H34ClNO6S. The van der Waals surface area contributed by atoms with Crippen LogP contribution in [0.4, 0.5) is 0 Å². The van der Waals surface area contributed by atoms with Gasteiger partial charge in [-0.15, -0.1) is 0 Å². The second kappa shape index (κ2) is 15.0. The highest BCUT2D eigenvalue weighted by atomic mass is 35.5. The van der Waals surface area contributed by atoms with Gasteiger partial charge in [-0.05, 0) is 78.6 Å². The van der Waals surface area contributed by atoms with E-state index >= 15 is 0 Å². The third-order valence-corrected chi connectivity index (χ3v) is 8.68. The van der Waals surface area contributed by atoms with Crippen molar-refractivity contribution in [1.29, 1.82) is 0 Å². The number of carbonyl (C=O) groups excluding carboxylic acids is 1. The molecular weight excluding hydrogens is 574 g/mol. The van der Waals surface area contributed by atoms with Crippen molar-refractivity contribution in [2.45, 2.75) is 35.8 Å². The van der Waals surface area contributed by atoms with Crippen LogP contribution in [0.3, 0.4) is 0 Å². The Morgan fingerprint density at radius 2 is 1.55 bits per heavy atom. The van der Waals surface area contributed by atoms with E-state index in [2.05, 4.69) is 17.0 Å². The summed E-state index contributed by atoms with van der Waals surface area (Å²) in [5.41, 5.74) is 2.87. The smallest absolute Gasteiger partial charge is 0.344 e. The molecule has 0 saturated carbocycles. The molecule has 1 atom stereocenters.